The van der Waals surface area contributed by atoms with E-state index < -0.39 is 6.10 Å². The second-order valence-electron chi connectivity index (χ2n) is 4.17. The minimum absolute atomic E-state index is 0.0237. The molecular formula is C12H15BrFNO. The summed E-state index contributed by atoms with van der Waals surface area (Å²) in [4.78, 5) is 0. The fourth-order valence-corrected chi connectivity index (χ4v) is 2.44. The molecule has 0 radical (unpaired) electrons. The third-order valence-electron chi connectivity index (χ3n) is 3.01. The molecule has 0 saturated carbocycles. The van der Waals surface area contributed by atoms with E-state index in [1.165, 1.54) is 6.07 Å². The molecule has 2 atom stereocenters. The van der Waals surface area contributed by atoms with E-state index in [2.05, 4.69) is 21.2 Å². The first-order valence-corrected chi connectivity index (χ1v) is 6.34. The van der Waals surface area contributed by atoms with E-state index in [9.17, 15) is 9.50 Å². The minimum atomic E-state index is -0.756. The fraction of sp³-hybridized carbons (Fsp3) is 0.500. The molecule has 1 aromatic carbocycles. The third-order valence-corrected chi connectivity index (χ3v) is 3.50. The van der Waals surface area contributed by atoms with Gasteiger partial charge in [0.05, 0.1) is 6.10 Å². The molecule has 2 N–H and O–H groups in total. The molecule has 2 rings (SSSR count). The Balaban J connectivity index is 2.15. The molecule has 2 unspecified atom stereocenters. The number of nitrogens with one attached hydrogen (secondary N) is 1. The molecule has 1 fully saturated rings. The SMILES string of the molecule is OC(c1ccc(Br)cc1F)C1CCCCN1. The first-order valence-electron chi connectivity index (χ1n) is 5.55. The summed E-state index contributed by atoms with van der Waals surface area (Å²) >= 11 is 3.20. The lowest BCUT2D eigenvalue weighted by Gasteiger charge is -2.28. The van der Waals surface area contributed by atoms with Crippen LogP contribution in [-0.4, -0.2) is 17.7 Å². The molecule has 88 valence electrons. The lowest BCUT2D eigenvalue weighted by atomic mass is 9.95. The highest BCUT2D eigenvalue weighted by Gasteiger charge is 2.24. The van der Waals surface area contributed by atoms with Gasteiger partial charge in [0.2, 0.25) is 0 Å². The van der Waals surface area contributed by atoms with Gasteiger partial charge in [-0.05, 0) is 31.5 Å². The Morgan fingerprint density at radius 3 is 2.88 bits per heavy atom. The maximum absolute atomic E-state index is 13.6. The van der Waals surface area contributed by atoms with Crippen LogP contribution in [0.5, 0.6) is 0 Å². The van der Waals surface area contributed by atoms with E-state index >= 15 is 0 Å². The van der Waals surface area contributed by atoms with Crippen LogP contribution in [0.4, 0.5) is 4.39 Å². The average Bonchev–Trinajstić information content (AvgIpc) is 2.29. The summed E-state index contributed by atoms with van der Waals surface area (Å²) in [6, 6.07) is 4.76. The van der Waals surface area contributed by atoms with Gasteiger partial charge in [0.15, 0.2) is 0 Å². The predicted molar refractivity (Wildman–Crippen MR) is 64.7 cm³/mol. The normalized spacial score (nSPS) is 23.1. The Hall–Kier alpha value is -0.450. The van der Waals surface area contributed by atoms with Gasteiger partial charge in [-0.25, -0.2) is 4.39 Å². The van der Waals surface area contributed by atoms with E-state index in [0.717, 1.165) is 25.8 Å². The van der Waals surface area contributed by atoms with Crippen LogP contribution < -0.4 is 5.32 Å². The molecule has 16 heavy (non-hydrogen) atoms. The van der Waals surface area contributed by atoms with Crippen molar-refractivity contribution >= 4 is 15.9 Å². The van der Waals surface area contributed by atoms with Crippen molar-refractivity contribution in [3.63, 3.8) is 0 Å². The van der Waals surface area contributed by atoms with Crippen LogP contribution in [0.25, 0.3) is 0 Å². The van der Waals surface area contributed by atoms with Crippen LogP contribution in [-0.2, 0) is 0 Å². The van der Waals surface area contributed by atoms with Gasteiger partial charge in [0, 0.05) is 16.1 Å². The molecule has 1 aliphatic heterocycles. The molecule has 0 aliphatic carbocycles. The van der Waals surface area contributed by atoms with Crippen molar-refractivity contribution in [1.29, 1.82) is 0 Å². The van der Waals surface area contributed by atoms with Crippen molar-refractivity contribution in [2.45, 2.75) is 31.4 Å². The zero-order chi connectivity index (χ0) is 11.5. The van der Waals surface area contributed by atoms with Crippen molar-refractivity contribution < 1.29 is 9.50 Å². The van der Waals surface area contributed by atoms with Gasteiger partial charge in [0.1, 0.15) is 5.82 Å². The number of hydrogen-bond acceptors (Lipinski definition) is 2. The first kappa shape index (κ1) is 12.0. The van der Waals surface area contributed by atoms with Crippen molar-refractivity contribution in [3.8, 4) is 0 Å². The maximum Gasteiger partial charge on any atom is 0.130 e. The number of hydrogen-bond donors (Lipinski definition) is 2. The van der Waals surface area contributed by atoms with Gasteiger partial charge in [-0.15, -0.1) is 0 Å². The molecule has 0 bridgehead atoms. The van der Waals surface area contributed by atoms with E-state index in [-0.39, 0.29) is 11.9 Å². The fourth-order valence-electron chi connectivity index (χ4n) is 2.11. The van der Waals surface area contributed by atoms with Crippen LogP contribution >= 0.6 is 15.9 Å². The summed E-state index contributed by atoms with van der Waals surface area (Å²) in [6.45, 7) is 0.903. The Labute approximate surface area is 103 Å². The standard InChI is InChI=1S/C12H15BrFNO/c13-8-4-5-9(10(14)7-8)12(16)11-3-1-2-6-15-11/h4-5,7,11-12,15-16H,1-3,6H2. The smallest absolute Gasteiger partial charge is 0.130 e. The van der Waals surface area contributed by atoms with E-state index in [1.54, 1.807) is 12.1 Å². The van der Waals surface area contributed by atoms with Crippen LogP contribution in [0.2, 0.25) is 0 Å². The van der Waals surface area contributed by atoms with E-state index in [1.807, 2.05) is 0 Å². The molecule has 1 heterocycles. The summed E-state index contributed by atoms with van der Waals surface area (Å²) in [5, 5.41) is 13.3. The van der Waals surface area contributed by atoms with Gasteiger partial charge >= 0.3 is 0 Å². The molecule has 1 aliphatic rings. The first-order chi connectivity index (χ1) is 7.68. The Kier molecular flexibility index (Phi) is 3.95. The number of rotatable bonds is 2. The van der Waals surface area contributed by atoms with Crippen molar-refractivity contribution in [2.75, 3.05) is 6.54 Å². The number of halogens is 2. The highest BCUT2D eigenvalue weighted by molar-refractivity contribution is 9.10. The topological polar surface area (TPSA) is 32.3 Å². The number of piperidine rings is 1. The van der Waals surface area contributed by atoms with Gasteiger partial charge in [-0.1, -0.05) is 28.4 Å². The Bertz CT molecular complexity index is 366. The molecular weight excluding hydrogens is 273 g/mol. The highest BCUT2D eigenvalue weighted by Crippen LogP contribution is 2.26. The largest absolute Gasteiger partial charge is 0.387 e. The number of aliphatic hydroxyl groups excluding tert-OH is 1. The van der Waals surface area contributed by atoms with Crippen molar-refractivity contribution in [2.24, 2.45) is 0 Å². The summed E-state index contributed by atoms with van der Waals surface area (Å²) < 4.78 is 14.3. The average molecular weight is 288 g/mol. The third kappa shape index (κ3) is 2.62. The summed E-state index contributed by atoms with van der Waals surface area (Å²) in [6.07, 6.45) is 2.36. The Morgan fingerprint density at radius 2 is 2.25 bits per heavy atom. The monoisotopic (exact) mass is 287 g/mol. The second kappa shape index (κ2) is 5.25. The summed E-state index contributed by atoms with van der Waals surface area (Å²) in [7, 11) is 0. The molecule has 0 aromatic heterocycles. The molecule has 0 spiro atoms. The quantitative estimate of drug-likeness (QED) is 0.877. The van der Waals surface area contributed by atoms with Crippen LogP contribution in [0.1, 0.15) is 30.9 Å². The summed E-state index contributed by atoms with van der Waals surface area (Å²) in [5.74, 6) is -0.353. The molecule has 2 nitrogen and oxygen atoms in total. The Morgan fingerprint density at radius 1 is 1.44 bits per heavy atom. The van der Waals surface area contributed by atoms with E-state index in [4.69, 9.17) is 0 Å². The van der Waals surface area contributed by atoms with Gasteiger partial charge < -0.3 is 10.4 Å². The van der Waals surface area contributed by atoms with Crippen LogP contribution in [0.3, 0.4) is 0 Å². The van der Waals surface area contributed by atoms with Crippen molar-refractivity contribution in [3.05, 3.63) is 34.1 Å². The highest BCUT2D eigenvalue weighted by atomic mass is 79.9. The number of benzene rings is 1. The van der Waals surface area contributed by atoms with Gasteiger partial charge in [-0.2, -0.15) is 0 Å². The second-order valence-corrected chi connectivity index (χ2v) is 5.08. The summed E-state index contributed by atoms with van der Waals surface area (Å²) in [5.41, 5.74) is 0.377. The van der Waals surface area contributed by atoms with Crippen LogP contribution in [0.15, 0.2) is 22.7 Å². The van der Waals surface area contributed by atoms with Crippen LogP contribution in [0, 0.1) is 5.82 Å². The number of aliphatic hydroxyl groups is 1. The van der Waals surface area contributed by atoms with Crippen molar-refractivity contribution in [1.82, 2.24) is 5.32 Å². The lowest BCUT2D eigenvalue weighted by molar-refractivity contribution is 0.110. The molecule has 4 heteroatoms. The molecule has 0 amide bonds. The molecule has 1 aromatic rings. The molecule has 1 saturated heterocycles. The van der Waals surface area contributed by atoms with Gasteiger partial charge in [0.25, 0.3) is 0 Å². The maximum atomic E-state index is 13.6. The zero-order valence-corrected chi connectivity index (χ0v) is 10.5. The lowest BCUT2D eigenvalue weighted by Crippen LogP contribution is -2.39. The minimum Gasteiger partial charge on any atom is -0.387 e. The van der Waals surface area contributed by atoms with E-state index in [0.29, 0.717) is 10.0 Å². The predicted octanol–water partition coefficient (Wildman–Crippen LogP) is 2.76. The zero-order valence-electron chi connectivity index (χ0n) is 8.92. The van der Waals surface area contributed by atoms with Gasteiger partial charge in [-0.3, -0.25) is 0 Å².